The molecule has 1 aromatic heterocycles. The maximum atomic E-state index is 6.07. The van der Waals surface area contributed by atoms with Gasteiger partial charge in [0, 0.05) is 11.6 Å². The van der Waals surface area contributed by atoms with Crippen LogP contribution in [0.1, 0.15) is 20.8 Å². The molecule has 15 heavy (non-hydrogen) atoms. The topological polar surface area (TPSA) is 34.1 Å². The van der Waals surface area contributed by atoms with Crippen molar-refractivity contribution in [3.63, 3.8) is 0 Å². The molecule has 1 N–H and O–H groups in total. The predicted octanol–water partition coefficient (Wildman–Crippen LogP) is 2.91. The number of ether oxygens (including phenoxy) is 1. The lowest BCUT2D eigenvalue weighted by Crippen LogP contribution is -2.39. The van der Waals surface area contributed by atoms with Crippen LogP contribution in [-0.4, -0.2) is 23.0 Å². The zero-order chi connectivity index (χ0) is 11.5. The minimum atomic E-state index is -0.207. The van der Waals surface area contributed by atoms with E-state index in [0.29, 0.717) is 5.88 Å². The third-order valence-electron chi connectivity index (χ3n) is 2.38. The summed E-state index contributed by atoms with van der Waals surface area (Å²) in [5.74, 6) is 1.37. The third-order valence-corrected chi connectivity index (χ3v) is 2.92. The SMILES string of the molecule is COc1cccc(NC(C)(C)C(C)Cl)n1. The third kappa shape index (κ3) is 3.27. The van der Waals surface area contributed by atoms with E-state index in [1.807, 2.05) is 39.0 Å². The van der Waals surface area contributed by atoms with Gasteiger partial charge in [-0.25, -0.2) is 0 Å². The van der Waals surface area contributed by atoms with Crippen molar-refractivity contribution in [2.45, 2.75) is 31.7 Å². The Morgan fingerprint density at radius 3 is 2.67 bits per heavy atom. The summed E-state index contributed by atoms with van der Waals surface area (Å²) in [6.45, 7) is 6.02. The number of hydrogen-bond acceptors (Lipinski definition) is 3. The van der Waals surface area contributed by atoms with Gasteiger partial charge in [0.15, 0.2) is 0 Å². The van der Waals surface area contributed by atoms with Gasteiger partial charge < -0.3 is 10.1 Å². The average Bonchev–Trinajstić information content (AvgIpc) is 2.17. The number of methoxy groups -OCH3 is 1. The Morgan fingerprint density at radius 2 is 2.13 bits per heavy atom. The van der Waals surface area contributed by atoms with Gasteiger partial charge in [0.25, 0.3) is 0 Å². The summed E-state index contributed by atoms with van der Waals surface area (Å²) < 4.78 is 5.05. The highest BCUT2D eigenvalue weighted by Crippen LogP contribution is 2.21. The fourth-order valence-electron chi connectivity index (χ4n) is 1.03. The smallest absolute Gasteiger partial charge is 0.214 e. The van der Waals surface area contributed by atoms with Crippen LogP contribution in [0.25, 0.3) is 0 Å². The molecular weight excluding hydrogens is 212 g/mol. The first-order chi connectivity index (χ1) is 6.95. The zero-order valence-corrected chi connectivity index (χ0v) is 10.3. The van der Waals surface area contributed by atoms with Crippen molar-refractivity contribution < 1.29 is 4.74 Å². The van der Waals surface area contributed by atoms with Crippen LogP contribution in [-0.2, 0) is 0 Å². The van der Waals surface area contributed by atoms with Crippen molar-refractivity contribution in [3.8, 4) is 5.88 Å². The summed E-state index contributed by atoms with van der Waals surface area (Å²) in [5.41, 5.74) is -0.207. The van der Waals surface area contributed by atoms with Crippen LogP contribution in [0.2, 0.25) is 0 Å². The van der Waals surface area contributed by atoms with Crippen molar-refractivity contribution in [3.05, 3.63) is 18.2 Å². The maximum Gasteiger partial charge on any atom is 0.214 e. The first kappa shape index (κ1) is 12.1. The number of rotatable bonds is 4. The molecule has 1 unspecified atom stereocenters. The molecule has 0 aromatic carbocycles. The summed E-state index contributed by atoms with van der Waals surface area (Å²) in [5, 5.41) is 3.27. The summed E-state index contributed by atoms with van der Waals surface area (Å²) in [6, 6.07) is 5.59. The van der Waals surface area contributed by atoms with Crippen molar-refractivity contribution in [1.29, 1.82) is 0 Å². The summed E-state index contributed by atoms with van der Waals surface area (Å²) in [4.78, 5) is 4.27. The number of nitrogens with one attached hydrogen (secondary N) is 1. The van der Waals surface area contributed by atoms with E-state index in [-0.39, 0.29) is 10.9 Å². The summed E-state index contributed by atoms with van der Waals surface area (Å²) >= 11 is 6.07. The lowest BCUT2D eigenvalue weighted by molar-refractivity contribution is 0.398. The minimum absolute atomic E-state index is 0.00509. The van der Waals surface area contributed by atoms with Crippen LogP contribution in [0.5, 0.6) is 5.88 Å². The zero-order valence-electron chi connectivity index (χ0n) is 9.54. The molecule has 0 aliphatic carbocycles. The number of aromatic nitrogens is 1. The maximum absolute atomic E-state index is 6.07. The quantitative estimate of drug-likeness (QED) is 0.805. The molecule has 4 heteroatoms. The van der Waals surface area contributed by atoms with Gasteiger partial charge >= 0.3 is 0 Å². The van der Waals surface area contributed by atoms with E-state index in [1.54, 1.807) is 7.11 Å². The molecule has 1 atom stereocenters. The Morgan fingerprint density at radius 1 is 1.47 bits per heavy atom. The molecule has 0 aliphatic heterocycles. The molecule has 84 valence electrons. The van der Waals surface area contributed by atoms with Gasteiger partial charge in [-0.3, -0.25) is 0 Å². The highest BCUT2D eigenvalue weighted by molar-refractivity contribution is 6.21. The van der Waals surface area contributed by atoms with E-state index < -0.39 is 0 Å². The molecule has 0 amide bonds. The molecule has 1 rings (SSSR count). The summed E-state index contributed by atoms with van der Waals surface area (Å²) in [7, 11) is 1.60. The van der Waals surface area contributed by atoms with E-state index in [0.717, 1.165) is 5.82 Å². The van der Waals surface area contributed by atoms with Crippen LogP contribution in [0.15, 0.2) is 18.2 Å². The largest absolute Gasteiger partial charge is 0.481 e. The molecule has 0 spiro atoms. The van der Waals surface area contributed by atoms with Crippen LogP contribution in [0.3, 0.4) is 0 Å². The number of hydrogen-bond donors (Lipinski definition) is 1. The number of pyridine rings is 1. The fraction of sp³-hybridized carbons (Fsp3) is 0.545. The summed E-state index contributed by atoms with van der Waals surface area (Å²) in [6.07, 6.45) is 0. The Balaban J connectivity index is 2.80. The molecule has 3 nitrogen and oxygen atoms in total. The number of alkyl halides is 1. The first-order valence-corrected chi connectivity index (χ1v) is 5.32. The molecule has 0 saturated carbocycles. The molecule has 1 heterocycles. The molecule has 0 fully saturated rings. The van der Waals surface area contributed by atoms with Crippen LogP contribution in [0, 0.1) is 0 Å². The molecular formula is C11H17ClN2O. The Bertz CT molecular complexity index is 326. The van der Waals surface area contributed by atoms with Crippen molar-refractivity contribution in [2.24, 2.45) is 0 Å². The normalized spacial score (nSPS) is 13.4. The van der Waals surface area contributed by atoms with E-state index in [1.165, 1.54) is 0 Å². The van der Waals surface area contributed by atoms with E-state index in [4.69, 9.17) is 16.3 Å². The van der Waals surface area contributed by atoms with Gasteiger partial charge in [-0.1, -0.05) is 6.07 Å². The molecule has 0 aliphatic rings. The second kappa shape index (κ2) is 4.71. The van der Waals surface area contributed by atoms with Gasteiger partial charge in [-0.15, -0.1) is 11.6 Å². The van der Waals surface area contributed by atoms with Crippen molar-refractivity contribution in [1.82, 2.24) is 4.98 Å². The lowest BCUT2D eigenvalue weighted by Gasteiger charge is -2.29. The Hall–Kier alpha value is -0.960. The number of halogens is 1. The lowest BCUT2D eigenvalue weighted by atomic mass is 10.0. The highest BCUT2D eigenvalue weighted by Gasteiger charge is 2.24. The van der Waals surface area contributed by atoms with Gasteiger partial charge in [0.2, 0.25) is 5.88 Å². The van der Waals surface area contributed by atoms with Crippen molar-refractivity contribution in [2.75, 3.05) is 12.4 Å². The van der Waals surface area contributed by atoms with E-state index >= 15 is 0 Å². The highest BCUT2D eigenvalue weighted by atomic mass is 35.5. The predicted molar refractivity (Wildman–Crippen MR) is 63.8 cm³/mol. The molecule has 0 radical (unpaired) electrons. The Kier molecular flexibility index (Phi) is 3.80. The van der Waals surface area contributed by atoms with Gasteiger partial charge in [-0.05, 0) is 26.8 Å². The van der Waals surface area contributed by atoms with Gasteiger partial charge in [0.05, 0.1) is 12.5 Å². The van der Waals surface area contributed by atoms with Crippen molar-refractivity contribution >= 4 is 17.4 Å². The van der Waals surface area contributed by atoms with Crippen LogP contribution >= 0.6 is 11.6 Å². The molecule has 0 saturated heterocycles. The average molecular weight is 229 g/mol. The van der Waals surface area contributed by atoms with E-state index in [2.05, 4.69) is 10.3 Å². The number of anilines is 1. The second-order valence-electron chi connectivity index (χ2n) is 4.03. The fourth-order valence-corrected chi connectivity index (χ4v) is 1.08. The minimum Gasteiger partial charge on any atom is -0.481 e. The van der Waals surface area contributed by atoms with Gasteiger partial charge in [0.1, 0.15) is 5.82 Å². The number of nitrogens with zero attached hydrogens (tertiary/aromatic N) is 1. The van der Waals surface area contributed by atoms with E-state index in [9.17, 15) is 0 Å². The monoisotopic (exact) mass is 228 g/mol. The standard InChI is InChI=1S/C11H17ClN2O/c1-8(12)11(2,3)14-9-6-5-7-10(13-9)15-4/h5-8H,1-4H3,(H,13,14). The van der Waals surface area contributed by atoms with Crippen LogP contribution in [0.4, 0.5) is 5.82 Å². The Labute approximate surface area is 95.8 Å². The van der Waals surface area contributed by atoms with Gasteiger partial charge in [-0.2, -0.15) is 4.98 Å². The molecule has 0 bridgehead atoms. The second-order valence-corrected chi connectivity index (χ2v) is 4.68. The first-order valence-electron chi connectivity index (χ1n) is 4.89. The molecule has 1 aromatic rings. The van der Waals surface area contributed by atoms with Crippen LogP contribution < -0.4 is 10.1 Å².